The maximum atomic E-state index is 13.6. The van der Waals surface area contributed by atoms with E-state index in [1.165, 1.54) is 5.69 Å². The number of ether oxygens (including phenoxy) is 1. The van der Waals surface area contributed by atoms with Gasteiger partial charge in [-0.1, -0.05) is 18.2 Å². The van der Waals surface area contributed by atoms with Gasteiger partial charge in [-0.25, -0.2) is 4.39 Å². The summed E-state index contributed by atoms with van der Waals surface area (Å²) in [5.74, 6) is 0.812. The molecule has 1 saturated heterocycles. The topological polar surface area (TPSA) is 15.7 Å². The molecule has 0 unspecified atom stereocenters. The molecule has 1 fully saturated rings. The second kappa shape index (κ2) is 8.15. The first-order chi connectivity index (χ1) is 11.8. The lowest BCUT2D eigenvalue weighted by Crippen LogP contribution is -2.46. The summed E-state index contributed by atoms with van der Waals surface area (Å²) in [6.45, 7) is 5.22. The zero-order valence-corrected chi connectivity index (χ0v) is 14.2. The lowest BCUT2D eigenvalue weighted by atomic mass is 10.1. The standard InChI is InChI=1S/C20H25FN2O/c1-24-19-10-8-18(9-11-19)23-15-13-22(14-16-23)12-4-6-17-5-2-3-7-20(17)21/h2-3,5,7-11H,4,6,12-16H2,1H3. The van der Waals surface area contributed by atoms with Crippen LogP contribution in [-0.4, -0.2) is 44.7 Å². The quantitative estimate of drug-likeness (QED) is 0.806. The number of aryl methyl sites for hydroxylation is 1. The predicted octanol–water partition coefficient (Wildman–Crippen LogP) is 3.59. The van der Waals surface area contributed by atoms with Crippen LogP contribution in [0.15, 0.2) is 48.5 Å². The van der Waals surface area contributed by atoms with E-state index in [-0.39, 0.29) is 5.82 Å². The minimum Gasteiger partial charge on any atom is -0.497 e. The van der Waals surface area contributed by atoms with Crippen molar-refractivity contribution in [3.8, 4) is 5.75 Å². The molecule has 128 valence electrons. The molecule has 0 bridgehead atoms. The van der Waals surface area contributed by atoms with Gasteiger partial charge in [-0.2, -0.15) is 0 Å². The average molecular weight is 328 g/mol. The van der Waals surface area contributed by atoms with Crippen molar-refractivity contribution in [3.05, 3.63) is 59.9 Å². The van der Waals surface area contributed by atoms with E-state index < -0.39 is 0 Å². The van der Waals surface area contributed by atoms with Gasteiger partial charge in [-0.3, -0.25) is 4.90 Å². The van der Waals surface area contributed by atoms with Crippen LogP contribution in [0.5, 0.6) is 5.75 Å². The van der Waals surface area contributed by atoms with Gasteiger partial charge in [0.15, 0.2) is 0 Å². The summed E-state index contributed by atoms with van der Waals surface area (Å²) in [5.41, 5.74) is 2.08. The van der Waals surface area contributed by atoms with Gasteiger partial charge in [0.1, 0.15) is 11.6 Å². The molecule has 4 heteroatoms. The molecule has 2 aromatic rings. The fourth-order valence-electron chi connectivity index (χ4n) is 3.22. The van der Waals surface area contributed by atoms with E-state index in [1.807, 2.05) is 24.3 Å². The average Bonchev–Trinajstić information content (AvgIpc) is 2.64. The van der Waals surface area contributed by atoms with Crippen LogP contribution in [0.4, 0.5) is 10.1 Å². The number of anilines is 1. The highest BCUT2D eigenvalue weighted by molar-refractivity contribution is 5.49. The molecule has 3 rings (SSSR count). The third-order valence-corrected chi connectivity index (χ3v) is 4.69. The Hall–Kier alpha value is -2.07. The van der Waals surface area contributed by atoms with Crippen LogP contribution in [0.2, 0.25) is 0 Å². The summed E-state index contributed by atoms with van der Waals surface area (Å²) in [7, 11) is 1.69. The van der Waals surface area contributed by atoms with Crippen molar-refractivity contribution >= 4 is 5.69 Å². The number of hydrogen-bond donors (Lipinski definition) is 0. The number of piperazine rings is 1. The van der Waals surface area contributed by atoms with Gasteiger partial charge < -0.3 is 9.64 Å². The molecule has 1 aliphatic rings. The number of hydrogen-bond acceptors (Lipinski definition) is 3. The number of halogens is 1. The van der Waals surface area contributed by atoms with Crippen molar-refractivity contribution < 1.29 is 9.13 Å². The van der Waals surface area contributed by atoms with Gasteiger partial charge in [0.2, 0.25) is 0 Å². The third kappa shape index (κ3) is 4.26. The Morgan fingerprint density at radius 2 is 1.67 bits per heavy atom. The Balaban J connectivity index is 1.42. The fraction of sp³-hybridized carbons (Fsp3) is 0.400. The SMILES string of the molecule is COc1ccc(N2CCN(CCCc3ccccc3F)CC2)cc1. The molecule has 1 aliphatic heterocycles. The number of benzene rings is 2. The zero-order valence-electron chi connectivity index (χ0n) is 14.2. The Labute approximate surface area is 143 Å². The summed E-state index contributed by atoms with van der Waals surface area (Å²) in [4.78, 5) is 4.88. The van der Waals surface area contributed by atoms with Crippen molar-refractivity contribution in [2.24, 2.45) is 0 Å². The molecule has 0 aromatic heterocycles. The molecule has 0 N–H and O–H groups in total. The molecule has 3 nitrogen and oxygen atoms in total. The lowest BCUT2D eigenvalue weighted by Gasteiger charge is -2.36. The van der Waals surface area contributed by atoms with E-state index in [0.29, 0.717) is 0 Å². The van der Waals surface area contributed by atoms with Gasteiger partial charge in [-0.05, 0) is 55.3 Å². The summed E-state index contributed by atoms with van der Waals surface area (Å²) >= 11 is 0. The van der Waals surface area contributed by atoms with Crippen LogP contribution < -0.4 is 9.64 Å². The van der Waals surface area contributed by atoms with E-state index in [4.69, 9.17) is 4.74 Å². The minimum absolute atomic E-state index is 0.0816. The molecule has 0 saturated carbocycles. The molecule has 0 aliphatic carbocycles. The van der Waals surface area contributed by atoms with Gasteiger partial charge in [0.25, 0.3) is 0 Å². The van der Waals surface area contributed by atoms with Crippen LogP contribution in [0.3, 0.4) is 0 Å². The van der Waals surface area contributed by atoms with Crippen molar-refractivity contribution in [3.63, 3.8) is 0 Å². The van der Waals surface area contributed by atoms with E-state index in [2.05, 4.69) is 21.9 Å². The Bertz CT molecular complexity index is 636. The highest BCUT2D eigenvalue weighted by Gasteiger charge is 2.17. The van der Waals surface area contributed by atoms with Crippen LogP contribution in [-0.2, 0) is 6.42 Å². The molecule has 1 heterocycles. The number of nitrogens with zero attached hydrogens (tertiary/aromatic N) is 2. The Kier molecular flexibility index (Phi) is 5.70. The second-order valence-corrected chi connectivity index (χ2v) is 6.22. The molecule has 24 heavy (non-hydrogen) atoms. The molecular weight excluding hydrogens is 303 g/mol. The largest absolute Gasteiger partial charge is 0.497 e. The van der Waals surface area contributed by atoms with Gasteiger partial charge in [-0.15, -0.1) is 0 Å². The second-order valence-electron chi connectivity index (χ2n) is 6.22. The maximum absolute atomic E-state index is 13.6. The highest BCUT2D eigenvalue weighted by atomic mass is 19.1. The fourth-order valence-corrected chi connectivity index (χ4v) is 3.22. The molecule has 0 radical (unpaired) electrons. The first-order valence-corrected chi connectivity index (χ1v) is 8.61. The Morgan fingerprint density at radius 3 is 2.33 bits per heavy atom. The molecule has 0 amide bonds. The maximum Gasteiger partial charge on any atom is 0.126 e. The van der Waals surface area contributed by atoms with Crippen molar-refractivity contribution in [1.29, 1.82) is 0 Å². The monoisotopic (exact) mass is 328 g/mol. The van der Waals surface area contributed by atoms with Crippen LogP contribution >= 0.6 is 0 Å². The van der Waals surface area contributed by atoms with E-state index in [9.17, 15) is 4.39 Å². The predicted molar refractivity (Wildman–Crippen MR) is 96.4 cm³/mol. The number of methoxy groups -OCH3 is 1. The van der Waals surface area contributed by atoms with Crippen molar-refractivity contribution in [2.75, 3.05) is 44.7 Å². The summed E-state index contributed by atoms with van der Waals surface area (Å²) in [6.07, 6.45) is 1.81. The zero-order chi connectivity index (χ0) is 16.8. The van der Waals surface area contributed by atoms with Gasteiger partial charge >= 0.3 is 0 Å². The molecular formula is C20H25FN2O. The highest BCUT2D eigenvalue weighted by Crippen LogP contribution is 2.20. The molecule has 2 aromatic carbocycles. The first kappa shape index (κ1) is 16.8. The lowest BCUT2D eigenvalue weighted by molar-refractivity contribution is 0.255. The first-order valence-electron chi connectivity index (χ1n) is 8.61. The van der Waals surface area contributed by atoms with Crippen molar-refractivity contribution in [2.45, 2.75) is 12.8 Å². The van der Waals surface area contributed by atoms with E-state index in [0.717, 1.165) is 56.9 Å². The summed E-state index contributed by atoms with van der Waals surface area (Å²) in [5, 5.41) is 0. The van der Waals surface area contributed by atoms with E-state index >= 15 is 0 Å². The summed E-state index contributed by atoms with van der Waals surface area (Å²) in [6, 6.07) is 15.3. The minimum atomic E-state index is -0.0816. The van der Waals surface area contributed by atoms with Gasteiger partial charge in [0, 0.05) is 31.9 Å². The van der Waals surface area contributed by atoms with Crippen LogP contribution in [0.25, 0.3) is 0 Å². The van der Waals surface area contributed by atoms with E-state index in [1.54, 1.807) is 19.2 Å². The van der Waals surface area contributed by atoms with Gasteiger partial charge in [0.05, 0.1) is 7.11 Å². The summed E-state index contributed by atoms with van der Waals surface area (Å²) < 4.78 is 18.8. The third-order valence-electron chi connectivity index (χ3n) is 4.69. The van der Waals surface area contributed by atoms with Crippen LogP contribution in [0.1, 0.15) is 12.0 Å². The Morgan fingerprint density at radius 1 is 0.958 bits per heavy atom. The molecule has 0 spiro atoms. The normalized spacial score (nSPS) is 15.5. The smallest absolute Gasteiger partial charge is 0.126 e. The number of rotatable bonds is 6. The van der Waals surface area contributed by atoms with Crippen molar-refractivity contribution in [1.82, 2.24) is 4.90 Å². The van der Waals surface area contributed by atoms with Crippen LogP contribution in [0, 0.1) is 5.82 Å². The molecule has 0 atom stereocenters.